The fourth-order valence-electron chi connectivity index (χ4n) is 3.68. The smallest absolute Gasteiger partial charge is 0.260 e. The fourth-order valence-corrected chi connectivity index (χ4v) is 3.68. The first-order valence-corrected chi connectivity index (χ1v) is 10.9. The molecule has 7 heteroatoms. The summed E-state index contributed by atoms with van der Waals surface area (Å²) in [5.74, 6) is -2.08. The van der Waals surface area contributed by atoms with E-state index in [0.29, 0.717) is 6.54 Å². The lowest BCUT2D eigenvalue weighted by Crippen LogP contribution is -2.46. The molecular formula is C24H31F2N3O2. The van der Waals surface area contributed by atoms with Crippen molar-refractivity contribution in [3.8, 4) is 5.75 Å². The predicted octanol–water partition coefficient (Wildman–Crippen LogP) is 3.76. The minimum absolute atomic E-state index is 0.131. The number of hydrogen-bond donors (Lipinski definition) is 1. The second kappa shape index (κ2) is 11.1. The van der Waals surface area contributed by atoms with Crippen molar-refractivity contribution in [2.45, 2.75) is 32.8 Å². The number of nitrogens with zero attached hydrogens (tertiary/aromatic N) is 2. The molecule has 1 aliphatic heterocycles. The minimum Gasteiger partial charge on any atom is -0.481 e. The second-order valence-corrected chi connectivity index (χ2v) is 8.00. The van der Waals surface area contributed by atoms with E-state index in [1.54, 1.807) is 6.92 Å². The molecule has 1 fully saturated rings. The van der Waals surface area contributed by atoms with Crippen LogP contribution in [0.1, 0.15) is 25.3 Å². The standard InChI is InChI=1S/C24H31F2N3O2/c1-18-6-5-7-20(16-18)29-14-12-28(13-15-29)11-4-3-10-27-24(30)19(2)31-21-8-9-22(25)23(26)17-21/h5-9,16-17,19H,3-4,10-15H2,1-2H3,(H,27,30). The Labute approximate surface area is 183 Å². The Balaban J connectivity index is 1.29. The van der Waals surface area contributed by atoms with Gasteiger partial charge in [-0.25, -0.2) is 8.78 Å². The predicted molar refractivity (Wildman–Crippen MR) is 119 cm³/mol. The van der Waals surface area contributed by atoms with Crippen LogP contribution in [0.2, 0.25) is 0 Å². The molecule has 31 heavy (non-hydrogen) atoms. The maximum atomic E-state index is 13.2. The average molecular weight is 432 g/mol. The Kier molecular flexibility index (Phi) is 8.23. The van der Waals surface area contributed by atoms with E-state index >= 15 is 0 Å². The second-order valence-electron chi connectivity index (χ2n) is 8.00. The molecule has 0 radical (unpaired) electrons. The van der Waals surface area contributed by atoms with Crippen LogP contribution in [0.15, 0.2) is 42.5 Å². The number of piperazine rings is 1. The Bertz CT molecular complexity index is 870. The number of unbranched alkanes of at least 4 members (excludes halogenated alkanes) is 1. The van der Waals surface area contributed by atoms with Crippen LogP contribution >= 0.6 is 0 Å². The number of benzene rings is 2. The lowest BCUT2D eigenvalue weighted by atomic mass is 10.2. The van der Waals surface area contributed by atoms with Crippen molar-refractivity contribution >= 4 is 11.6 Å². The fraction of sp³-hybridized carbons (Fsp3) is 0.458. The summed E-state index contributed by atoms with van der Waals surface area (Å²) >= 11 is 0. The number of carbonyl (C=O) groups is 1. The zero-order chi connectivity index (χ0) is 22.2. The molecule has 0 aliphatic carbocycles. The van der Waals surface area contributed by atoms with Crippen LogP contribution in [0, 0.1) is 18.6 Å². The van der Waals surface area contributed by atoms with Crippen molar-refractivity contribution in [2.75, 3.05) is 44.2 Å². The monoisotopic (exact) mass is 431 g/mol. The van der Waals surface area contributed by atoms with Crippen LogP contribution in [0.4, 0.5) is 14.5 Å². The van der Waals surface area contributed by atoms with Crippen molar-refractivity contribution in [1.29, 1.82) is 0 Å². The molecule has 1 N–H and O–H groups in total. The normalized spacial score (nSPS) is 15.5. The highest BCUT2D eigenvalue weighted by Gasteiger charge is 2.17. The summed E-state index contributed by atoms with van der Waals surface area (Å²) in [7, 11) is 0. The lowest BCUT2D eigenvalue weighted by Gasteiger charge is -2.36. The van der Waals surface area contributed by atoms with Crippen LogP contribution in [0.3, 0.4) is 0 Å². The molecule has 2 aromatic rings. The lowest BCUT2D eigenvalue weighted by molar-refractivity contribution is -0.127. The first-order valence-electron chi connectivity index (χ1n) is 10.9. The minimum atomic E-state index is -0.996. The number of carbonyl (C=O) groups excluding carboxylic acids is 1. The van der Waals surface area contributed by atoms with Gasteiger partial charge in [0, 0.05) is 44.5 Å². The van der Waals surface area contributed by atoms with E-state index in [4.69, 9.17) is 4.74 Å². The topological polar surface area (TPSA) is 44.8 Å². The quantitative estimate of drug-likeness (QED) is 0.614. The number of ether oxygens (including phenoxy) is 1. The Morgan fingerprint density at radius 3 is 2.55 bits per heavy atom. The largest absolute Gasteiger partial charge is 0.481 e. The molecule has 1 unspecified atom stereocenters. The van der Waals surface area contributed by atoms with E-state index in [0.717, 1.165) is 57.7 Å². The van der Waals surface area contributed by atoms with E-state index in [-0.39, 0.29) is 11.7 Å². The summed E-state index contributed by atoms with van der Waals surface area (Å²) in [6.07, 6.45) is 1.10. The van der Waals surface area contributed by atoms with E-state index < -0.39 is 17.7 Å². The molecule has 5 nitrogen and oxygen atoms in total. The Hall–Kier alpha value is -2.67. The van der Waals surface area contributed by atoms with E-state index in [1.165, 1.54) is 17.3 Å². The number of rotatable bonds is 9. The van der Waals surface area contributed by atoms with Gasteiger partial charge in [0.15, 0.2) is 17.7 Å². The number of nitrogens with one attached hydrogen (secondary N) is 1. The van der Waals surface area contributed by atoms with Gasteiger partial charge < -0.3 is 15.0 Å². The van der Waals surface area contributed by atoms with Gasteiger partial charge >= 0.3 is 0 Å². The number of anilines is 1. The Morgan fingerprint density at radius 2 is 1.84 bits per heavy atom. The van der Waals surface area contributed by atoms with E-state index in [1.807, 2.05) is 0 Å². The van der Waals surface area contributed by atoms with Gasteiger partial charge in [-0.05, 0) is 63.1 Å². The third-order valence-corrected chi connectivity index (χ3v) is 5.51. The van der Waals surface area contributed by atoms with Gasteiger partial charge in [-0.15, -0.1) is 0 Å². The van der Waals surface area contributed by atoms with Crippen molar-refractivity contribution in [3.05, 3.63) is 59.7 Å². The first kappa shape index (κ1) is 23.0. The van der Waals surface area contributed by atoms with Crippen LogP contribution in [-0.4, -0.2) is 56.2 Å². The summed E-state index contributed by atoms with van der Waals surface area (Å²) < 4.78 is 31.6. The number of amides is 1. The highest BCUT2D eigenvalue weighted by Crippen LogP contribution is 2.18. The van der Waals surface area contributed by atoms with Gasteiger partial charge in [0.1, 0.15) is 5.75 Å². The van der Waals surface area contributed by atoms with Crippen molar-refractivity contribution in [2.24, 2.45) is 0 Å². The van der Waals surface area contributed by atoms with Gasteiger partial charge in [-0.3, -0.25) is 9.69 Å². The van der Waals surface area contributed by atoms with E-state index in [2.05, 4.69) is 46.3 Å². The third-order valence-electron chi connectivity index (χ3n) is 5.51. The molecule has 0 aromatic heterocycles. The van der Waals surface area contributed by atoms with Crippen molar-refractivity contribution in [3.63, 3.8) is 0 Å². The Morgan fingerprint density at radius 1 is 1.06 bits per heavy atom. The number of halogens is 2. The molecule has 1 heterocycles. The maximum absolute atomic E-state index is 13.2. The summed E-state index contributed by atoms with van der Waals surface area (Å²) in [5, 5.41) is 2.84. The van der Waals surface area contributed by atoms with Gasteiger partial charge in [0.05, 0.1) is 0 Å². The van der Waals surface area contributed by atoms with Crippen molar-refractivity contribution < 1.29 is 18.3 Å². The van der Waals surface area contributed by atoms with Crippen molar-refractivity contribution in [1.82, 2.24) is 10.2 Å². The molecular weight excluding hydrogens is 400 g/mol. The summed E-state index contributed by atoms with van der Waals surface area (Å²) in [6.45, 7) is 9.42. The number of aryl methyl sites for hydroxylation is 1. The molecule has 168 valence electrons. The molecule has 1 atom stereocenters. The molecule has 0 spiro atoms. The molecule has 1 amide bonds. The summed E-state index contributed by atoms with van der Waals surface area (Å²) in [6, 6.07) is 11.9. The van der Waals surface area contributed by atoms with Crippen LogP contribution < -0.4 is 15.0 Å². The van der Waals surface area contributed by atoms with Crippen LogP contribution in [0.5, 0.6) is 5.75 Å². The van der Waals surface area contributed by atoms with Gasteiger partial charge in [-0.2, -0.15) is 0 Å². The van der Waals surface area contributed by atoms with Gasteiger partial charge in [-0.1, -0.05) is 12.1 Å². The number of hydrogen-bond acceptors (Lipinski definition) is 4. The molecule has 1 saturated heterocycles. The molecule has 0 bridgehead atoms. The zero-order valence-corrected chi connectivity index (χ0v) is 18.2. The molecule has 2 aromatic carbocycles. The highest BCUT2D eigenvalue weighted by molar-refractivity contribution is 5.80. The average Bonchev–Trinajstić information content (AvgIpc) is 2.76. The SMILES string of the molecule is Cc1cccc(N2CCN(CCCCNC(=O)C(C)Oc3ccc(F)c(F)c3)CC2)c1. The summed E-state index contributed by atoms with van der Waals surface area (Å²) in [5.41, 5.74) is 2.58. The summed E-state index contributed by atoms with van der Waals surface area (Å²) in [4.78, 5) is 17.0. The highest BCUT2D eigenvalue weighted by atomic mass is 19.2. The molecule has 3 rings (SSSR count). The molecule has 1 aliphatic rings. The van der Waals surface area contributed by atoms with Gasteiger partial charge in [0.25, 0.3) is 5.91 Å². The van der Waals surface area contributed by atoms with Crippen LogP contribution in [-0.2, 0) is 4.79 Å². The third kappa shape index (κ3) is 6.92. The van der Waals surface area contributed by atoms with Gasteiger partial charge in [0.2, 0.25) is 0 Å². The maximum Gasteiger partial charge on any atom is 0.260 e. The first-order chi connectivity index (χ1) is 14.9. The van der Waals surface area contributed by atoms with Crippen LogP contribution in [0.25, 0.3) is 0 Å². The molecule has 0 saturated carbocycles. The van der Waals surface area contributed by atoms with E-state index in [9.17, 15) is 13.6 Å². The zero-order valence-electron chi connectivity index (χ0n) is 18.2.